The Morgan fingerprint density at radius 1 is 1.41 bits per heavy atom. The lowest BCUT2D eigenvalue weighted by atomic mass is 10.1. The summed E-state index contributed by atoms with van der Waals surface area (Å²) in [6.45, 7) is 9.09. The molecule has 0 fully saturated rings. The van der Waals surface area contributed by atoms with Crippen molar-refractivity contribution in [2.24, 2.45) is 4.99 Å². The van der Waals surface area contributed by atoms with Gasteiger partial charge in [-0.2, -0.15) is 5.10 Å². The van der Waals surface area contributed by atoms with Crippen LogP contribution in [0.15, 0.2) is 11.3 Å². The standard InChI is InChI=1S/C14H27N7.HI/c1-14(2,3)18-8-7-16-13(15-4)20-11-5-6-12-17-10-19-21(12)9-11;/h10-11,18H,5-9H2,1-4H3,(H2,15,16,20);1H. The minimum atomic E-state index is 0. The fourth-order valence-corrected chi connectivity index (χ4v) is 2.36. The van der Waals surface area contributed by atoms with Crippen molar-refractivity contribution in [3.8, 4) is 0 Å². The van der Waals surface area contributed by atoms with Gasteiger partial charge in [-0.05, 0) is 27.2 Å². The Morgan fingerprint density at radius 2 is 2.18 bits per heavy atom. The second-order valence-electron chi connectivity index (χ2n) is 6.41. The Balaban J connectivity index is 0.00000242. The number of hydrogen-bond donors (Lipinski definition) is 3. The molecule has 0 amide bonds. The summed E-state index contributed by atoms with van der Waals surface area (Å²) in [4.78, 5) is 8.53. The van der Waals surface area contributed by atoms with Crippen LogP contribution >= 0.6 is 24.0 Å². The van der Waals surface area contributed by atoms with E-state index in [2.05, 4.69) is 51.8 Å². The quantitative estimate of drug-likeness (QED) is 0.290. The van der Waals surface area contributed by atoms with E-state index in [1.165, 1.54) is 0 Å². The van der Waals surface area contributed by atoms with Gasteiger partial charge >= 0.3 is 0 Å². The summed E-state index contributed by atoms with van der Waals surface area (Å²) in [6, 6.07) is 0.348. The van der Waals surface area contributed by atoms with Crippen molar-refractivity contribution in [1.82, 2.24) is 30.7 Å². The molecule has 1 aromatic heterocycles. The SMILES string of the molecule is CN=C(NCCNC(C)(C)C)NC1CCc2ncnn2C1.I. The number of rotatable bonds is 4. The molecule has 2 rings (SSSR count). The van der Waals surface area contributed by atoms with Gasteiger partial charge in [0, 0.05) is 38.1 Å². The van der Waals surface area contributed by atoms with E-state index in [4.69, 9.17) is 0 Å². The zero-order chi connectivity index (χ0) is 15.3. The molecule has 0 spiro atoms. The maximum atomic E-state index is 4.28. The minimum Gasteiger partial charge on any atom is -0.355 e. The fourth-order valence-electron chi connectivity index (χ4n) is 2.36. The van der Waals surface area contributed by atoms with Gasteiger partial charge in [-0.1, -0.05) is 0 Å². The van der Waals surface area contributed by atoms with Crippen molar-refractivity contribution >= 4 is 29.9 Å². The number of aromatic nitrogens is 3. The lowest BCUT2D eigenvalue weighted by Crippen LogP contribution is -2.49. The van der Waals surface area contributed by atoms with E-state index >= 15 is 0 Å². The Labute approximate surface area is 149 Å². The number of nitrogens with one attached hydrogen (secondary N) is 3. The molecule has 1 aromatic rings. The van der Waals surface area contributed by atoms with Gasteiger partial charge in [0.15, 0.2) is 5.96 Å². The van der Waals surface area contributed by atoms with Crippen molar-refractivity contribution in [3.05, 3.63) is 12.2 Å². The summed E-state index contributed by atoms with van der Waals surface area (Å²) in [7, 11) is 1.80. The van der Waals surface area contributed by atoms with Gasteiger partial charge in [-0.3, -0.25) is 4.99 Å². The summed E-state index contributed by atoms with van der Waals surface area (Å²) >= 11 is 0. The number of aliphatic imine (C=N–C) groups is 1. The van der Waals surface area contributed by atoms with Crippen molar-refractivity contribution < 1.29 is 0 Å². The normalized spacial score (nSPS) is 18.4. The van der Waals surface area contributed by atoms with Gasteiger partial charge in [0.1, 0.15) is 12.2 Å². The Bertz CT molecular complexity index is 478. The molecule has 0 saturated carbocycles. The van der Waals surface area contributed by atoms with Gasteiger partial charge in [-0.25, -0.2) is 9.67 Å². The minimum absolute atomic E-state index is 0. The highest BCUT2D eigenvalue weighted by Gasteiger charge is 2.20. The van der Waals surface area contributed by atoms with Gasteiger partial charge in [0.05, 0.1) is 6.54 Å². The summed E-state index contributed by atoms with van der Waals surface area (Å²) in [5.41, 5.74) is 0.144. The Morgan fingerprint density at radius 3 is 2.86 bits per heavy atom. The molecule has 2 heterocycles. The molecule has 1 aliphatic heterocycles. The number of nitrogens with zero attached hydrogens (tertiary/aromatic N) is 4. The van der Waals surface area contributed by atoms with Crippen LogP contribution in [0.2, 0.25) is 0 Å². The summed E-state index contributed by atoms with van der Waals surface area (Å²) in [6.07, 6.45) is 3.64. The molecule has 0 radical (unpaired) electrons. The number of halogens is 1. The molecule has 1 unspecified atom stereocenters. The zero-order valence-corrected chi connectivity index (χ0v) is 16.2. The van der Waals surface area contributed by atoms with Crippen LogP contribution in [0.5, 0.6) is 0 Å². The first-order chi connectivity index (χ1) is 9.98. The molecule has 126 valence electrons. The second-order valence-corrected chi connectivity index (χ2v) is 6.41. The average Bonchev–Trinajstić information content (AvgIpc) is 2.88. The van der Waals surface area contributed by atoms with Gasteiger partial charge < -0.3 is 16.0 Å². The highest BCUT2D eigenvalue weighted by Crippen LogP contribution is 2.11. The van der Waals surface area contributed by atoms with Crippen LogP contribution < -0.4 is 16.0 Å². The Hall–Kier alpha value is -0.900. The third-order valence-electron chi connectivity index (χ3n) is 3.44. The third kappa shape index (κ3) is 6.07. The van der Waals surface area contributed by atoms with E-state index in [0.29, 0.717) is 6.04 Å². The second kappa shape index (κ2) is 8.66. The van der Waals surface area contributed by atoms with E-state index in [1.807, 2.05) is 4.68 Å². The van der Waals surface area contributed by atoms with E-state index in [9.17, 15) is 0 Å². The predicted octanol–water partition coefficient (Wildman–Crippen LogP) is 0.764. The smallest absolute Gasteiger partial charge is 0.191 e. The van der Waals surface area contributed by atoms with Gasteiger partial charge in [0.25, 0.3) is 0 Å². The molecule has 1 atom stereocenters. The molecule has 0 aromatic carbocycles. The highest BCUT2D eigenvalue weighted by atomic mass is 127. The highest BCUT2D eigenvalue weighted by molar-refractivity contribution is 14.0. The van der Waals surface area contributed by atoms with Crippen molar-refractivity contribution in [3.63, 3.8) is 0 Å². The van der Waals surface area contributed by atoms with Crippen LogP contribution in [-0.4, -0.2) is 52.4 Å². The molecule has 0 saturated heterocycles. The van der Waals surface area contributed by atoms with E-state index in [0.717, 1.165) is 44.3 Å². The maximum Gasteiger partial charge on any atom is 0.191 e. The molecular formula is C14H28IN7. The first-order valence-electron chi connectivity index (χ1n) is 7.57. The van der Waals surface area contributed by atoms with Crippen LogP contribution in [0.4, 0.5) is 0 Å². The van der Waals surface area contributed by atoms with Gasteiger partial charge in [0.2, 0.25) is 0 Å². The molecule has 7 nitrogen and oxygen atoms in total. The first-order valence-corrected chi connectivity index (χ1v) is 7.57. The van der Waals surface area contributed by atoms with Crippen molar-refractivity contribution in [2.75, 3.05) is 20.1 Å². The van der Waals surface area contributed by atoms with E-state index in [-0.39, 0.29) is 29.5 Å². The van der Waals surface area contributed by atoms with Gasteiger partial charge in [-0.15, -0.1) is 24.0 Å². The number of fused-ring (bicyclic) bond motifs is 1. The van der Waals surface area contributed by atoms with E-state index in [1.54, 1.807) is 13.4 Å². The average molecular weight is 421 g/mol. The van der Waals surface area contributed by atoms with Crippen LogP contribution in [-0.2, 0) is 13.0 Å². The number of hydrogen-bond acceptors (Lipinski definition) is 4. The lowest BCUT2D eigenvalue weighted by molar-refractivity contribution is 0.391. The summed E-state index contributed by atoms with van der Waals surface area (Å²) in [5.74, 6) is 1.92. The predicted molar refractivity (Wildman–Crippen MR) is 99.8 cm³/mol. The van der Waals surface area contributed by atoms with Crippen molar-refractivity contribution in [1.29, 1.82) is 0 Å². The number of aryl methyl sites for hydroxylation is 1. The van der Waals surface area contributed by atoms with Crippen LogP contribution in [0.25, 0.3) is 0 Å². The van der Waals surface area contributed by atoms with Crippen LogP contribution in [0, 0.1) is 0 Å². The van der Waals surface area contributed by atoms with Crippen molar-refractivity contribution in [2.45, 2.75) is 51.7 Å². The summed E-state index contributed by atoms with van der Waals surface area (Å²) in [5, 5.41) is 14.5. The maximum absolute atomic E-state index is 4.28. The topological polar surface area (TPSA) is 79.2 Å². The Kier molecular flexibility index (Phi) is 7.54. The molecule has 3 N–H and O–H groups in total. The zero-order valence-electron chi connectivity index (χ0n) is 13.9. The lowest BCUT2D eigenvalue weighted by Gasteiger charge is -2.26. The fraction of sp³-hybridized carbons (Fsp3) is 0.786. The molecule has 1 aliphatic rings. The molecule has 8 heteroatoms. The molecule has 0 bridgehead atoms. The van der Waals surface area contributed by atoms with Crippen LogP contribution in [0.3, 0.4) is 0 Å². The molecule has 0 aliphatic carbocycles. The first kappa shape index (κ1) is 19.1. The van der Waals surface area contributed by atoms with Crippen LogP contribution in [0.1, 0.15) is 33.0 Å². The largest absolute Gasteiger partial charge is 0.355 e. The monoisotopic (exact) mass is 421 g/mol. The molecular weight excluding hydrogens is 393 g/mol. The third-order valence-corrected chi connectivity index (χ3v) is 3.44. The number of guanidine groups is 1. The molecule has 22 heavy (non-hydrogen) atoms. The summed E-state index contributed by atoms with van der Waals surface area (Å²) < 4.78 is 1.97. The van der Waals surface area contributed by atoms with E-state index < -0.39 is 0 Å².